The van der Waals surface area contributed by atoms with Crippen molar-refractivity contribution in [3.05, 3.63) is 64.5 Å². The van der Waals surface area contributed by atoms with Gasteiger partial charge in [0, 0.05) is 6.54 Å². The van der Waals surface area contributed by atoms with Gasteiger partial charge in [0.1, 0.15) is 6.54 Å². The Kier molecular flexibility index (Phi) is 6.32. The normalized spacial score (nSPS) is 10.6. The quantitative estimate of drug-likeness (QED) is 0.589. The lowest BCUT2D eigenvalue weighted by atomic mass is 10.2. The van der Waals surface area contributed by atoms with Crippen LogP contribution in [-0.2, 0) is 6.54 Å². The Morgan fingerprint density at radius 2 is 1.78 bits per heavy atom. The highest BCUT2D eigenvalue weighted by atomic mass is 35.5. The number of anilines is 1. The van der Waals surface area contributed by atoms with Gasteiger partial charge in [-0.2, -0.15) is 0 Å². The Hall–Kier alpha value is -2.57. The molecule has 0 unspecified atom stereocenters. The van der Waals surface area contributed by atoms with Crippen molar-refractivity contribution in [2.75, 3.05) is 11.9 Å². The first-order chi connectivity index (χ1) is 13.1. The monoisotopic (exact) mass is 404 g/mol. The van der Waals surface area contributed by atoms with Gasteiger partial charge in [-0.1, -0.05) is 54.4 Å². The number of urea groups is 1. The van der Waals surface area contributed by atoms with Crippen LogP contribution in [0.4, 0.5) is 10.5 Å². The predicted molar refractivity (Wildman–Crippen MR) is 106 cm³/mol. The fraction of sp³-hybridized carbons (Fsp3) is 0.211. The molecule has 0 radical (unpaired) electrons. The second-order valence-electron chi connectivity index (χ2n) is 5.81. The SMILES string of the molecule is CCCN(Cc1nnc(-c2ccccc2Cl)o1)C(=O)Nc1ccccc1Cl. The van der Waals surface area contributed by atoms with Crippen LogP contribution < -0.4 is 5.32 Å². The lowest BCUT2D eigenvalue weighted by Gasteiger charge is -2.21. The molecular formula is C19H18Cl2N4O2. The van der Waals surface area contributed by atoms with Crippen molar-refractivity contribution in [2.24, 2.45) is 0 Å². The Morgan fingerprint density at radius 3 is 2.48 bits per heavy atom. The molecule has 0 aliphatic carbocycles. The van der Waals surface area contributed by atoms with Crippen molar-refractivity contribution in [1.29, 1.82) is 0 Å². The highest BCUT2D eigenvalue weighted by molar-refractivity contribution is 6.33. The number of halogens is 2. The van der Waals surface area contributed by atoms with Gasteiger partial charge in [-0.05, 0) is 30.7 Å². The molecule has 1 aromatic heterocycles. The molecule has 0 atom stereocenters. The minimum Gasteiger partial charge on any atom is -0.419 e. The summed E-state index contributed by atoms with van der Waals surface area (Å²) in [6, 6.07) is 14.0. The number of aromatic nitrogens is 2. The summed E-state index contributed by atoms with van der Waals surface area (Å²) < 4.78 is 5.70. The van der Waals surface area contributed by atoms with Crippen LogP contribution in [0.2, 0.25) is 10.0 Å². The molecule has 0 saturated heterocycles. The second kappa shape index (κ2) is 8.88. The minimum absolute atomic E-state index is 0.182. The third-order valence-electron chi connectivity index (χ3n) is 3.79. The van der Waals surface area contributed by atoms with E-state index >= 15 is 0 Å². The molecule has 2 aromatic carbocycles. The zero-order valence-corrected chi connectivity index (χ0v) is 16.2. The Bertz CT molecular complexity index is 929. The van der Waals surface area contributed by atoms with E-state index in [1.807, 2.05) is 19.1 Å². The van der Waals surface area contributed by atoms with Crippen LogP contribution in [0.1, 0.15) is 19.2 Å². The number of benzene rings is 2. The van der Waals surface area contributed by atoms with Gasteiger partial charge in [0.2, 0.25) is 11.8 Å². The highest BCUT2D eigenvalue weighted by Gasteiger charge is 2.19. The first kappa shape index (κ1) is 19.2. The zero-order valence-electron chi connectivity index (χ0n) is 14.7. The topological polar surface area (TPSA) is 71.3 Å². The third-order valence-corrected chi connectivity index (χ3v) is 4.45. The Labute approximate surface area is 167 Å². The molecule has 2 amide bonds. The van der Waals surface area contributed by atoms with Gasteiger partial charge in [0.05, 0.1) is 21.3 Å². The maximum Gasteiger partial charge on any atom is 0.322 e. The molecule has 0 bridgehead atoms. The number of hydrogen-bond acceptors (Lipinski definition) is 4. The first-order valence-corrected chi connectivity index (χ1v) is 9.21. The third kappa shape index (κ3) is 4.78. The Morgan fingerprint density at radius 1 is 1.07 bits per heavy atom. The summed E-state index contributed by atoms with van der Waals surface area (Å²) in [7, 11) is 0. The molecule has 0 saturated carbocycles. The van der Waals surface area contributed by atoms with Crippen molar-refractivity contribution in [3.8, 4) is 11.5 Å². The number of hydrogen-bond donors (Lipinski definition) is 1. The van der Waals surface area contributed by atoms with Gasteiger partial charge in [-0.25, -0.2) is 4.79 Å². The Balaban J connectivity index is 1.74. The lowest BCUT2D eigenvalue weighted by Crippen LogP contribution is -2.35. The predicted octanol–water partition coefficient (Wildman–Crippen LogP) is 5.49. The van der Waals surface area contributed by atoms with E-state index in [1.165, 1.54) is 0 Å². The van der Waals surface area contributed by atoms with Crippen molar-refractivity contribution < 1.29 is 9.21 Å². The van der Waals surface area contributed by atoms with Crippen molar-refractivity contribution in [1.82, 2.24) is 15.1 Å². The van der Waals surface area contributed by atoms with E-state index in [1.54, 1.807) is 41.3 Å². The largest absolute Gasteiger partial charge is 0.419 e. The smallest absolute Gasteiger partial charge is 0.322 e. The van der Waals surface area contributed by atoms with Gasteiger partial charge in [-0.15, -0.1) is 10.2 Å². The molecule has 0 fully saturated rings. The summed E-state index contributed by atoms with van der Waals surface area (Å²) in [5, 5.41) is 11.9. The van der Waals surface area contributed by atoms with Crippen molar-refractivity contribution >= 4 is 34.9 Å². The maximum absolute atomic E-state index is 12.6. The number of amides is 2. The number of nitrogens with zero attached hydrogens (tertiary/aromatic N) is 3. The van der Waals surface area contributed by atoms with E-state index in [4.69, 9.17) is 27.6 Å². The molecule has 1 N–H and O–H groups in total. The standard InChI is InChI=1S/C19H18Cl2N4O2/c1-2-11-25(19(26)22-16-10-6-5-9-15(16)21)12-17-23-24-18(27-17)13-7-3-4-8-14(13)20/h3-10H,2,11-12H2,1H3,(H,22,26). The van der Waals surface area contributed by atoms with E-state index in [-0.39, 0.29) is 12.6 Å². The molecule has 3 rings (SSSR count). The van der Waals surface area contributed by atoms with Crippen molar-refractivity contribution in [2.45, 2.75) is 19.9 Å². The number of nitrogens with one attached hydrogen (secondary N) is 1. The highest BCUT2D eigenvalue weighted by Crippen LogP contribution is 2.26. The van der Waals surface area contributed by atoms with Gasteiger partial charge < -0.3 is 14.6 Å². The number of carbonyl (C=O) groups excluding carboxylic acids is 1. The summed E-state index contributed by atoms with van der Waals surface area (Å²) >= 11 is 12.3. The molecule has 0 spiro atoms. The van der Waals surface area contributed by atoms with E-state index in [2.05, 4.69) is 15.5 Å². The average Bonchev–Trinajstić information content (AvgIpc) is 3.12. The lowest BCUT2D eigenvalue weighted by molar-refractivity contribution is 0.203. The van der Waals surface area contributed by atoms with Gasteiger partial charge in [0.15, 0.2) is 0 Å². The number of carbonyl (C=O) groups is 1. The van der Waals surface area contributed by atoms with E-state index < -0.39 is 0 Å². The molecule has 8 heteroatoms. The molecule has 3 aromatic rings. The number of rotatable bonds is 6. The molecule has 140 valence electrons. The molecule has 0 aliphatic heterocycles. The average molecular weight is 405 g/mol. The van der Waals surface area contributed by atoms with Crippen LogP contribution in [0.15, 0.2) is 52.9 Å². The maximum atomic E-state index is 12.6. The first-order valence-electron chi connectivity index (χ1n) is 8.46. The van der Waals surface area contributed by atoms with E-state index in [0.29, 0.717) is 39.6 Å². The molecule has 1 heterocycles. The summed E-state index contributed by atoms with van der Waals surface area (Å²) in [6.07, 6.45) is 0.779. The molecular weight excluding hydrogens is 387 g/mol. The number of para-hydroxylation sites is 1. The van der Waals surface area contributed by atoms with Crippen LogP contribution >= 0.6 is 23.2 Å². The molecule has 27 heavy (non-hydrogen) atoms. The van der Waals surface area contributed by atoms with Crippen LogP contribution in [0.3, 0.4) is 0 Å². The van der Waals surface area contributed by atoms with Gasteiger partial charge in [-0.3, -0.25) is 0 Å². The minimum atomic E-state index is -0.289. The second-order valence-corrected chi connectivity index (χ2v) is 6.63. The van der Waals surface area contributed by atoms with Gasteiger partial charge >= 0.3 is 6.03 Å². The van der Waals surface area contributed by atoms with Crippen LogP contribution in [0.5, 0.6) is 0 Å². The van der Waals surface area contributed by atoms with E-state index in [0.717, 1.165) is 6.42 Å². The van der Waals surface area contributed by atoms with Crippen LogP contribution in [-0.4, -0.2) is 27.7 Å². The molecule has 0 aliphatic rings. The summed E-state index contributed by atoms with van der Waals surface area (Å²) in [5.41, 5.74) is 1.20. The zero-order chi connectivity index (χ0) is 19.2. The molecule has 6 nitrogen and oxygen atoms in total. The van der Waals surface area contributed by atoms with Crippen LogP contribution in [0.25, 0.3) is 11.5 Å². The van der Waals surface area contributed by atoms with Gasteiger partial charge in [0.25, 0.3) is 0 Å². The summed E-state index contributed by atoms with van der Waals surface area (Å²) in [6.45, 7) is 2.69. The van der Waals surface area contributed by atoms with Crippen LogP contribution in [0, 0.1) is 0 Å². The fourth-order valence-electron chi connectivity index (χ4n) is 2.50. The summed E-state index contributed by atoms with van der Waals surface area (Å²) in [5.74, 6) is 0.645. The van der Waals surface area contributed by atoms with Crippen molar-refractivity contribution in [3.63, 3.8) is 0 Å². The fourth-order valence-corrected chi connectivity index (χ4v) is 2.90. The van der Waals surface area contributed by atoms with E-state index in [9.17, 15) is 4.79 Å². The summed E-state index contributed by atoms with van der Waals surface area (Å²) in [4.78, 5) is 14.2.